The summed E-state index contributed by atoms with van der Waals surface area (Å²) in [5.74, 6) is 0.626. The van der Waals surface area contributed by atoms with Gasteiger partial charge in [0.1, 0.15) is 22.6 Å². The molecule has 1 aliphatic heterocycles. The molecule has 33 heavy (non-hydrogen) atoms. The lowest BCUT2D eigenvalue weighted by Crippen LogP contribution is -2.61. The van der Waals surface area contributed by atoms with Crippen LogP contribution in [0.5, 0.6) is 11.5 Å². The molecule has 2 aliphatic rings. The Kier molecular flexibility index (Phi) is 6.67. The molecule has 1 heterocycles. The maximum Gasteiger partial charge on any atom is 0.422 e. The van der Waals surface area contributed by atoms with E-state index in [0.717, 1.165) is 16.7 Å². The zero-order valence-electron chi connectivity index (χ0n) is 18.9. The van der Waals surface area contributed by atoms with Crippen LogP contribution in [0.25, 0.3) is 0 Å². The van der Waals surface area contributed by atoms with Crippen LogP contribution in [-0.2, 0) is 5.54 Å². The summed E-state index contributed by atoms with van der Waals surface area (Å²) in [5, 5.41) is 3.40. The summed E-state index contributed by atoms with van der Waals surface area (Å²) in [4.78, 5) is 0.506. The van der Waals surface area contributed by atoms with Crippen molar-refractivity contribution in [1.29, 1.82) is 0 Å². The number of alkyl halides is 3. The van der Waals surface area contributed by atoms with Crippen LogP contribution < -0.4 is 14.8 Å². The van der Waals surface area contributed by atoms with Gasteiger partial charge in [-0.15, -0.1) is 0 Å². The van der Waals surface area contributed by atoms with Gasteiger partial charge in [-0.2, -0.15) is 13.2 Å². The number of thiocarbonyl (C=S) groups is 1. The number of fused-ring (bicyclic) bond motifs is 1. The highest BCUT2D eigenvalue weighted by molar-refractivity contribution is 7.80. The first-order valence-electron chi connectivity index (χ1n) is 10.5. The lowest BCUT2D eigenvalue weighted by Gasteiger charge is -2.46. The van der Waals surface area contributed by atoms with E-state index in [-0.39, 0.29) is 5.75 Å². The monoisotopic (exact) mass is 475 g/mol. The van der Waals surface area contributed by atoms with Crippen molar-refractivity contribution < 1.29 is 22.6 Å². The molecule has 0 saturated carbocycles. The average molecular weight is 476 g/mol. The summed E-state index contributed by atoms with van der Waals surface area (Å²) < 4.78 is 49.9. The normalized spacial score (nSPS) is 24.6. The molecule has 0 radical (unpaired) electrons. The third kappa shape index (κ3) is 4.38. The van der Waals surface area contributed by atoms with Crippen LogP contribution in [-0.4, -0.2) is 23.4 Å². The Labute approximate surface area is 198 Å². The van der Waals surface area contributed by atoms with Gasteiger partial charge in [0, 0.05) is 12.0 Å². The lowest BCUT2D eigenvalue weighted by atomic mass is 9.67. The van der Waals surface area contributed by atoms with E-state index in [1.54, 1.807) is 31.2 Å². The molecule has 1 N–H and O–H groups in total. The van der Waals surface area contributed by atoms with Gasteiger partial charge in [0.2, 0.25) is 0 Å². The smallest absolute Gasteiger partial charge is 0.422 e. The molecule has 1 aromatic carbocycles. The molecular weight excluding hydrogens is 447 g/mol. The van der Waals surface area contributed by atoms with Crippen molar-refractivity contribution in [1.82, 2.24) is 5.32 Å². The van der Waals surface area contributed by atoms with Crippen LogP contribution in [0.2, 0.25) is 0 Å². The first-order valence-corrected chi connectivity index (χ1v) is 10.9. The summed E-state index contributed by atoms with van der Waals surface area (Å²) in [6, 6.07) is 4.70. The molecule has 1 spiro atoms. The molecule has 0 bridgehead atoms. The van der Waals surface area contributed by atoms with Crippen molar-refractivity contribution >= 4 is 17.2 Å². The van der Waals surface area contributed by atoms with Crippen molar-refractivity contribution in [2.24, 2.45) is 0 Å². The quantitative estimate of drug-likeness (QED) is 0.359. The summed E-state index contributed by atoms with van der Waals surface area (Å²) >= 11 is 5.44. The van der Waals surface area contributed by atoms with Gasteiger partial charge >= 0.3 is 6.18 Å². The predicted molar refractivity (Wildman–Crippen MR) is 130 cm³/mol. The fourth-order valence-electron chi connectivity index (χ4n) is 4.97. The van der Waals surface area contributed by atoms with Crippen molar-refractivity contribution in [3.8, 4) is 11.5 Å². The molecule has 0 amide bonds. The standard InChI is InChI=1S/C26H28F3NO2S/c1-7-19-11-12-24(14-17(5)21(19)8-2)26(16(3)4,30-18(6)33)22-13-20(9-10-23(22)32-24)31-15-25(27,28)29/h7-10,13H,1-3,5,11-12,14-15H2,4,6H3,(H,30,33). The molecule has 176 valence electrons. The minimum atomic E-state index is -4.45. The Morgan fingerprint density at radius 1 is 1.27 bits per heavy atom. The predicted octanol–water partition coefficient (Wildman–Crippen LogP) is 6.88. The maximum absolute atomic E-state index is 12.8. The number of hydrogen-bond acceptors (Lipinski definition) is 3. The van der Waals surface area contributed by atoms with Crippen molar-refractivity contribution in [2.45, 2.75) is 50.4 Å². The zero-order valence-corrected chi connectivity index (χ0v) is 19.7. The highest BCUT2D eigenvalue weighted by atomic mass is 32.1. The Bertz CT molecular complexity index is 1070. The van der Waals surface area contributed by atoms with Crippen LogP contribution >= 0.6 is 12.2 Å². The first kappa shape index (κ1) is 24.8. The van der Waals surface area contributed by atoms with Crippen LogP contribution in [0.3, 0.4) is 0 Å². The second-order valence-corrected chi connectivity index (χ2v) is 9.11. The maximum atomic E-state index is 12.8. The van der Waals surface area contributed by atoms with Crippen LogP contribution in [0.15, 0.2) is 79.0 Å². The topological polar surface area (TPSA) is 30.5 Å². The zero-order chi connectivity index (χ0) is 24.6. The molecule has 1 aliphatic carbocycles. The average Bonchev–Trinajstić information content (AvgIpc) is 2.88. The number of allylic oxidation sites excluding steroid dienone is 4. The van der Waals surface area contributed by atoms with Gasteiger partial charge in [0.05, 0.1) is 4.99 Å². The number of hydrogen-bond donors (Lipinski definition) is 1. The molecule has 0 aromatic heterocycles. The van der Waals surface area contributed by atoms with Crippen molar-refractivity contribution in [3.05, 3.63) is 84.5 Å². The number of benzene rings is 1. The summed E-state index contributed by atoms with van der Waals surface area (Å²) in [7, 11) is 0. The number of halogens is 3. The summed E-state index contributed by atoms with van der Waals surface area (Å²) in [5.41, 5.74) is 2.23. The van der Waals surface area contributed by atoms with E-state index in [9.17, 15) is 13.2 Å². The summed E-state index contributed by atoms with van der Waals surface area (Å²) in [6.07, 6.45) is 0.763. The van der Waals surface area contributed by atoms with Gasteiger partial charge in [-0.25, -0.2) is 0 Å². The van der Waals surface area contributed by atoms with E-state index in [1.165, 1.54) is 6.07 Å². The van der Waals surface area contributed by atoms with E-state index in [4.69, 9.17) is 21.7 Å². The van der Waals surface area contributed by atoms with E-state index >= 15 is 0 Å². The Morgan fingerprint density at radius 2 is 1.97 bits per heavy atom. The minimum absolute atomic E-state index is 0.0882. The molecule has 3 rings (SSSR count). The van der Waals surface area contributed by atoms with E-state index < -0.39 is 23.9 Å². The van der Waals surface area contributed by atoms with Crippen molar-refractivity contribution in [3.63, 3.8) is 0 Å². The second kappa shape index (κ2) is 8.86. The van der Waals surface area contributed by atoms with E-state index in [0.29, 0.717) is 41.1 Å². The number of ether oxygens (including phenoxy) is 2. The summed E-state index contributed by atoms with van der Waals surface area (Å²) in [6.45, 7) is 18.6. The largest absolute Gasteiger partial charge is 0.484 e. The fourth-order valence-corrected chi connectivity index (χ4v) is 5.12. The Balaban J connectivity index is 2.18. The van der Waals surface area contributed by atoms with Crippen LogP contribution in [0.1, 0.15) is 38.7 Å². The third-order valence-electron chi connectivity index (χ3n) is 6.22. The molecule has 2 atom stereocenters. The first-order chi connectivity index (χ1) is 15.4. The van der Waals surface area contributed by atoms with Gasteiger partial charge in [-0.3, -0.25) is 0 Å². The SMILES string of the molecule is C=CC1=C(C=C)C(=C)CC2(CC1)Oc1ccc(OCC(F)(F)F)cc1C2(NC(C)=S)C(=C)C. The van der Waals surface area contributed by atoms with Gasteiger partial charge in [-0.1, -0.05) is 50.7 Å². The minimum Gasteiger partial charge on any atom is -0.484 e. The molecule has 3 nitrogen and oxygen atoms in total. The highest BCUT2D eigenvalue weighted by Crippen LogP contribution is 2.58. The van der Waals surface area contributed by atoms with E-state index in [1.807, 2.05) is 6.92 Å². The molecule has 1 aromatic rings. The van der Waals surface area contributed by atoms with Crippen molar-refractivity contribution in [2.75, 3.05) is 6.61 Å². The Morgan fingerprint density at radius 3 is 2.52 bits per heavy atom. The molecule has 0 fully saturated rings. The lowest BCUT2D eigenvalue weighted by molar-refractivity contribution is -0.153. The van der Waals surface area contributed by atoms with Gasteiger partial charge < -0.3 is 14.8 Å². The number of rotatable bonds is 6. The molecule has 7 heteroatoms. The number of nitrogens with one attached hydrogen (secondary N) is 1. The third-order valence-corrected chi connectivity index (χ3v) is 6.33. The molecule has 2 unspecified atom stereocenters. The highest BCUT2D eigenvalue weighted by Gasteiger charge is 2.61. The second-order valence-electron chi connectivity index (χ2n) is 8.50. The van der Waals surface area contributed by atoms with Gasteiger partial charge in [0.15, 0.2) is 6.61 Å². The molecule has 0 saturated heterocycles. The molecular formula is C26H28F3NO2S. The Hall–Kier alpha value is -2.80. The van der Waals surface area contributed by atoms with Gasteiger partial charge in [0.25, 0.3) is 0 Å². The van der Waals surface area contributed by atoms with Crippen LogP contribution in [0.4, 0.5) is 13.2 Å². The van der Waals surface area contributed by atoms with Crippen LogP contribution in [0, 0.1) is 0 Å². The van der Waals surface area contributed by atoms with Gasteiger partial charge in [-0.05, 0) is 67.2 Å². The van der Waals surface area contributed by atoms with E-state index in [2.05, 4.69) is 31.6 Å². The fraction of sp³-hybridized carbons (Fsp3) is 0.346.